The fraction of sp³-hybridized carbons (Fsp3) is 0.684. The van der Waals surface area contributed by atoms with Gasteiger partial charge < -0.3 is 33.6 Å². The minimum Gasteiger partial charge on any atom is -0.455 e. The van der Waals surface area contributed by atoms with Gasteiger partial charge in [-0.3, -0.25) is 14.4 Å². The predicted octanol–water partition coefficient (Wildman–Crippen LogP) is 5.28. The lowest BCUT2D eigenvalue weighted by atomic mass is 9.45. The molecule has 3 fully saturated rings. The van der Waals surface area contributed by atoms with Crippen LogP contribution in [0.2, 0.25) is 18.1 Å². The van der Waals surface area contributed by atoms with Crippen LogP contribution >= 0.6 is 0 Å². The second-order valence-electron chi connectivity index (χ2n) is 15.4. The Hall–Kier alpha value is -2.90. The van der Waals surface area contributed by atoms with Crippen molar-refractivity contribution >= 4 is 32.0 Å². The summed E-state index contributed by atoms with van der Waals surface area (Å²) >= 11 is 0. The van der Waals surface area contributed by atoms with E-state index in [1.54, 1.807) is 65.0 Å². The molecule has 11 nitrogen and oxygen atoms in total. The fourth-order valence-corrected chi connectivity index (χ4v) is 12.3. The number of ketones is 1. The van der Waals surface area contributed by atoms with E-state index in [0.29, 0.717) is 0 Å². The number of allylic oxidation sites excluding steroid dienone is 1. The number of benzene rings is 1. The van der Waals surface area contributed by atoms with E-state index in [-0.39, 0.29) is 42.8 Å². The van der Waals surface area contributed by atoms with Crippen LogP contribution in [0, 0.1) is 22.7 Å². The number of aliphatic hydroxyl groups excluding tert-OH is 1. The van der Waals surface area contributed by atoms with Crippen molar-refractivity contribution < 1.29 is 52.8 Å². The zero-order chi connectivity index (χ0) is 37.0. The number of esters is 3. The first-order valence-electron chi connectivity index (χ1n) is 18.1. The van der Waals surface area contributed by atoms with Gasteiger partial charge in [-0.2, -0.15) is 0 Å². The third-order valence-electron chi connectivity index (χ3n) is 12.8. The minimum absolute atomic E-state index is 0.0338. The molecule has 276 valence electrons. The Morgan fingerprint density at radius 1 is 1.02 bits per heavy atom. The molecular formula is C38H54O11Si. The maximum Gasteiger partial charge on any atom is 0.338 e. The first-order valence-corrected chi connectivity index (χ1v) is 20.6. The summed E-state index contributed by atoms with van der Waals surface area (Å²) < 4.78 is 32.0. The maximum atomic E-state index is 15.7. The maximum absolute atomic E-state index is 15.7. The Morgan fingerprint density at radius 3 is 2.16 bits per heavy atom. The number of Topliss-reactive ketones (excluding diaryl/α,β-unsaturated/α-hetero) is 1. The van der Waals surface area contributed by atoms with E-state index in [1.165, 1.54) is 6.92 Å². The predicted molar refractivity (Wildman–Crippen MR) is 185 cm³/mol. The van der Waals surface area contributed by atoms with Crippen LogP contribution in [0.25, 0.3) is 0 Å². The van der Waals surface area contributed by atoms with Crippen molar-refractivity contribution in [3.8, 4) is 0 Å². The third-order valence-corrected chi connectivity index (χ3v) is 17.4. The van der Waals surface area contributed by atoms with E-state index in [0.717, 1.165) is 18.1 Å². The zero-order valence-corrected chi connectivity index (χ0v) is 31.9. The number of fused-ring (bicyclic) bond motifs is 5. The summed E-state index contributed by atoms with van der Waals surface area (Å²) in [6.45, 7) is 15.8. The largest absolute Gasteiger partial charge is 0.455 e. The normalized spacial score (nSPS) is 36.2. The number of rotatable bonds is 10. The second-order valence-corrected chi connectivity index (χ2v) is 20.1. The highest BCUT2D eigenvalue weighted by molar-refractivity contribution is 6.73. The van der Waals surface area contributed by atoms with E-state index >= 15 is 4.79 Å². The standard InChI is InChI=1S/C38H54O11Si/c1-10-28(41)46-30-29-22(5)25(40)20-38(44,35(29,7)8)33(47-34(43)24-17-15-14-16-18-24)31-36(9,32(30)42)26(49-50(11-2,12-3)13-4)19-27-37(31,21-45-27)48-23(6)39/h14-18,22,25-27,31,33,40,44H,10-13,19-21H2,1-9H3/t22?,25-,26-,27+,31?,33-,36+,37-,38+/m0/s1. The zero-order valence-electron chi connectivity index (χ0n) is 30.9. The summed E-state index contributed by atoms with van der Waals surface area (Å²) in [4.78, 5) is 56.0. The van der Waals surface area contributed by atoms with Crippen LogP contribution in [0.1, 0.15) is 91.9 Å². The average Bonchev–Trinajstić information content (AvgIpc) is 3.08. The Balaban J connectivity index is 1.90. The third kappa shape index (κ3) is 5.69. The van der Waals surface area contributed by atoms with Gasteiger partial charge in [-0.25, -0.2) is 4.79 Å². The van der Waals surface area contributed by atoms with Crippen molar-refractivity contribution in [3.63, 3.8) is 0 Å². The van der Waals surface area contributed by atoms with Gasteiger partial charge in [0.1, 0.15) is 17.8 Å². The number of hydrogen-bond donors (Lipinski definition) is 2. The Labute approximate surface area is 296 Å². The number of ether oxygens (including phenoxy) is 4. The summed E-state index contributed by atoms with van der Waals surface area (Å²) in [7, 11) is -2.49. The highest BCUT2D eigenvalue weighted by Crippen LogP contribution is 2.65. The molecule has 1 heterocycles. The molecule has 0 radical (unpaired) electrons. The second kappa shape index (κ2) is 13.6. The van der Waals surface area contributed by atoms with E-state index < -0.39 is 90.3 Å². The molecule has 4 aliphatic rings. The molecule has 0 amide bonds. The lowest BCUT2D eigenvalue weighted by molar-refractivity contribution is -0.344. The topological polar surface area (TPSA) is 155 Å². The molecule has 0 aromatic heterocycles. The molecular weight excluding hydrogens is 660 g/mol. The van der Waals surface area contributed by atoms with Gasteiger partial charge in [0.25, 0.3) is 0 Å². The number of hydrogen-bond acceptors (Lipinski definition) is 11. The van der Waals surface area contributed by atoms with E-state index in [2.05, 4.69) is 20.8 Å². The summed E-state index contributed by atoms with van der Waals surface area (Å²) in [6.07, 6.45) is -4.49. The van der Waals surface area contributed by atoms with Gasteiger partial charge in [0.05, 0.1) is 35.7 Å². The van der Waals surface area contributed by atoms with Gasteiger partial charge >= 0.3 is 17.9 Å². The molecule has 0 spiro atoms. The first-order chi connectivity index (χ1) is 23.4. The van der Waals surface area contributed by atoms with Crippen molar-refractivity contribution in [2.75, 3.05) is 6.61 Å². The first kappa shape index (κ1) is 38.3. The molecule has 1 aliphatic heterocycles. The van der Waals surface area contributed by atoms with Crippen molar-refractivity contribution in [3.05, 3.63) is 47.2 Å². The summed E-state index contributed by atoms with van der Waals surface area (Å²) in [5.74, 6) is -4.88. The van der Waals surface area contributed by atoms with Crippen LogP contribution in [-0.2, 0) is 37.8 Å². The molecule has 50 heavy (non-hydrogen) atoms. The average molecular weight is 715 g/mol. The Morgan fingerprint density at radius 2 is 1.64 bits per heavy atom. The molecule has 3 aliphatic carbocycles. The highest BCUT2D eigenvalue weighted by Gasteiger charge is 2.78. The fourth-order valence-electron chi connectivity index (χ4n) is 9.39. The smallest absolute Gasteiger partial charge is 0.338 e. The van der Waals surface area contributed by atoms with Gasteiger partial charge in [-0.1, -0.05) is 66.7 Å². The van der Waals surface area contributed by atoms with Gasteiger partial charge in [0.2, 0.25) is 5.78 Å². The van der Waals surface area contributed by atoms with Crippen LogP contribution in [-0.4, -0.2) is 84.4 Å². The monoisotopic (exact) mass is 714 g/mol. The Kier molecular flexibility index (Phi) is 10.4. The lowest BCUT2D eigenvalue weighted by Crippen LogP contribution is -2.81. The van der Waals surface area contributed by atoms with Gasteiger partial charge in [0, 0.05) is 37.5 Å². The SMILES string of the molecule is CCC(=O)OC1=C2C(C)[C@@H](O)C[C@@](O)([C@@H](OC(=O)c3ccccc3)C3[C@](C)(C1=O)[C@@H](O[Si](CC)(CC)CC)C[C@H]1OC[C@@]31OC(C)=O)C2(C)C. The molecule has 2 N–H and O–H groups in total. The summed E-state index contributed by atoms with van der Waals surface area (Å²) in [5.41, 5.74) is -6.24. The van der Waals surface area contributed by atoms with Crippen LogP contribution < -0.4 is 0 Å². The quantitative estimate of drug-likeness (QED) is 0.185. The van der Waals surface area contributed by atoms with E-state index in [4.69, 9.17) is 23.4 Å². The van der Waals surface area contributed by atoms with Crippen LogP contribution in [0.5, 0.6) is 0 Å². The molecule has 2 unspecified atom stereocenters. The molecule has 2 saturated carbocycles. The van der Waals surface area contributed by atoms with E-state index in [9.17, 15) is 24.6 Å². The number of aliphatic hydroxyl groups is 2. The van der Waals surface area contributed by atoms with Gasteiger partial charge in [-0.15, -0.1) is 0 Å². The van der Waals surface area contributed by atoms with Crippen molar-refractivity contribution in [1.82, 2.24) is 0 Å². The molecule has 1 saturated heterocycles. The van der Waals surface area contributed by atoms with Crippen molar-refractivity contribution in [2.24, 2.45) is 22.7 Å². The molecule has 9 atom stereocenters. The molecule has 5 rings (SSSR count). The van der Waals surface area contributed by atoms with Crippen LogP contribution in [0.4, 0.5) is 0 Å². The highest BCUT2D eigenvalue weighted by atomic mass is 28.4. The van der Waals surface area contributed by atoms with Gasteiger partial charge in [-0.05, 0) is 42.8 Å². The van der Waals surface area contributed by atoms with Gasteiger partial charge in [0.15, 0.2) is 19.7 Å². The molecule has 1 aromatic rings. The molecule has 2 bridgehead atoms. The summed E-state index contributed by atoms with van der Waals surface area (Å²) in [5, 5.41) is 25.0. The minimum atomic E-state index is -2.49. The Bertz CT molecular complexity index is 1530. The van der Waals surface area contributed by atoms with Crippen LogP contribution in [0.15, 0.2) is 41.7 Å². The lowest BCUT2D eigenvalue weighted by Gasteiger charge is -2.68. The summed E-state index contributed by atoms with van der Waals surface area (Å²) in [6, 6.07) is 10.6. The number of carbonyl (C=O) groups is 4. The molecule has 12 heteroatoms. The van der Waals surface area contributed by atoms with Crippen molar-refractivity contribution in [2.45, 2.75) is 135 Å². The van der Waals surface area contributed by atoms with E-state index in [1.807, 2.05) is 0 Å². The van der Waals surface area contributed by atoms with Crippen molar-refractivity contribution in [1.29, 1.82) is 0 Å². The number of carbonyl (C=O) groups excluding carboxylic acids is 4. The van der Waals surface area contributed by atoms with Crippen LogP contribution in [0.3, 0.4) is 0 Å². The molecule has 1 aromatic carbocycles.